The van der Waals surface area contributed by atoms with Gasteiger partial charge in [-0.25, -0.2) is 4.98 Å². The Balaban J connectivity index is 1.63. The van der Waals surface area contributed by atoms with Gasteiger partial charge in [-0.3, -0.25) is 9.78 Å². The maximum absolute atomic E-state index is 12.6. The summed E-state index contributed by atoms with van der Waals surface area (Å²) in [5.74, 6) is 0.119. The van der Waals surface area contributed by atoms with Gasteiger partial charge in [0.25, 0.3) is 0 Å². The fraction of sp³-hybridized carbons (Fsp3) is 0.471. The molecule has 3 heterocycles. The number of carbonyl (C=O) groups is 1. The molecule has 0 spiro atoms. The first-order chi connectivity index (χ1) is 11.0. The van der Waals surface area contributed by atoms with Gasteiger partial charge in [0.2, 0.25) is 5.91 Å². The van der Waals surface area contributed by atoms with E-state index < -0.39 is 0 Å². The summed E-state index contributed by atoms with van der Waals surface area (Å²) in [5, 5.41) is 2.97. The summed E-state index contributed by atoms with van der Waals surface area (Å²) in [7, 11) is 0. The van der Waals surface area contributed by atoms with E-state index in [4.69, 9.17) is 4.74 Å². The Bertz CT molecular complexity index is 669. The van der Waals surface area contributed by atoms with Crippen LogP contribution in [0, 0.1) is 0 Å². The fourth-order valence-electron chi connectivity index (χ4n) is 2.74. The van der Waals surface area contributed by atoms with Gasteiger partial charge in [-0.2, -0.15) is 0 Å². The van der Waals surface area contributed by atoms with Crippen LogP contribution >= 0.6 is 11.3 Å². The van der Waals surface area contributed by atoms with E-state index in [0.29, 0.717) is 32.6 Å². The van der Waals surface area contributed by atoms with E-state index in [0.717, 1.165) is 16.4 Å². The SMILES string of the molecule is CC1(C)COCCN1C(=O)Cc1csc(Cc2ccccn2)n1. The Labute approximate surface area is 140 Å². The van der Waals surface area contributed by atoms with Crippen molar-refractivity contribution >= 4 is 17.2 Å². The molecular weight excluding hydrogens is 310 g/mol. The predicted molar refractivity (Wildman–Crippen MR) is 89.5 cm³/mol. The number of rotatable bonds is 4. The van der Waals surface area contributed by atoms with Crippen LogP contribution < -0.4 is 0 Å². The maximum atomic E-state index is 12.6. The molecule has 0 atom stereocenters. The minimum atomic E-state index is -0.248. The second kappa shape index (κ2) is 6.76. The number of ether oxygens (including phenoxy) is 1. The van der Waals surface area contributed by atoms with Crippen molar-refractivity contribution in [3.63, 3.8) is 0 Å². The second-order valence-electron chi connectivity index (χ2n) is 6.32. The number of amides is 1. The summed E-state index contributed by atoms with van der Waals surface area (Å²) in [6.07, 6.45) is 2.85. The van der Waals surface area contributed by atoms with Crippen LogP contribution in [0.3, 0.4) is 0 Å². The van der Waals surface area contributed by atoms with E-state index in [1.165, 1.54) is 0 Å². The highest BCUT2D eigenvalue weighted by Crippen LogP contribution is 2.21. The van der Waals surface area contributed by atoms with Crippen LogP contribution in [0.2, 0.25) is 0 Å². The molecule has 3 rings (SSSR count). The molecule has 1 saturated heterocycles. The normalized spacial score (nSPS) is 17.2. The van der Waals surface area contributed by atoms with Crippen molar-refractivity contribution in [2.75, 3.05) is 19.8 Å². The van der Waals surface area contributed by atoms with E-state index >= 15 is 0 Å². The summed E-state index contributed by atoms with van der Waals surface area (Å²) in [5.41, 5.74) is 1.59. The average Bonchev–Trinajstić information content (AvgIpc) is 2.94. The lowest BCUT2D eigenvalue weighted by Gasteiger charge is -2.42. The van der Waals surface area contributed by atoms with Gasteiger partial charge in [0.15, 0.2) is 0 Å². The highest BCUT2D eigenvalue weighted by molar-refractivity contribution is 7.09. The molecule has 122 valence electrons. The Hall–Kier alpha value is -1.79. The quantitative estimate of drug-likeness (QED) is 0.863. The number of hydrogen-bond acceptors (Lipinski definition) is 5. The molecule has 5 nitrogen and oxygen atoms in total. The van der Waals surface area contributed by atoms with Crippen LogP contribution in [0.1, 0.15) is 30.2 Å². The van der Waals surface area contributed by atoms with Crippen molar-refractivity contribution in [3.8, 4) is 0 Å². The molecule has 1 aliphatic heterocycles. The minimum absolute atomic E-state index is 0.119. The molecule has 0 bridgehead atoms. The maximum Gasteiger partial charge on any atom is 0.229 e. The third-order valence-corrected chi connectivity index (χ3v) is 4.83. The van der Waals surface area contributed by atoms with Crippen molar-refractivity contribution in [1.29, 1.82) is 0 Å². The van der Waals surface area contributed by atoms with Gasteiger partial charge in [0.1, 0.15) is 0 Å². The lowest BCUT2D eigenvalue weighted by atomic mass is 10.0. The van der Waals surface area contributed by atoms with E-state index in [2.05, 4.69) is 9.97 Å². The molecule has 6 heteroatoms. The zero-order valence-electron chi connectivity index (χ0n) is 13.5. The number of nitrogens with zero attached hydrogens (tertiary/aromatic N) is 3. The third-order valence-electron chi connectivity index (χ3n) is 3.94. The molecule has 2 aromatic heterocycles. The summed E-state index contributed by atoms with van der Waals surface area (Å²) in [4.78, 5) is 23.4. The molecular formula is C17H21N3O2S. The zero-order valence-corrected chi connectivity index (χ0v) is 14.3. The first-order valence-electron chi connectivity index (χ1n) is 7.76. The average molecular weight is 331 g/mol. The molecule has 0 N–H and O–H groups in total. The van der Waals surface area contributed by atoms with Crippen molar-refractivity contribution in [3.05, 3.63) is 46.2 Å². The van der Waals surface area contributed by atoms with Gasteiger partial charge in [0.05, 0.1) is 35.9 Å². The van der Waals surface area contributed by atoms with Crippen LogP contribution in [0.25, 0.3) is 0 Å². The number of thiazole rings is 1. The van der Waals surface area contributed by atoms with E-state index in [9.17, 15) is 4.79 Å². The topological polar surface area (TPSA) is 55.3 Å². The van der Waals surface area contributed by atoms with Crippen LogP contribution in [0.15, 0.2) is 29.8 Å². The summed E-state index contributed by atoms with van der Waals surface area (Å²) >= 11 is 1.59. The predicted octanol–water partition coefficient (Wildman–Crippen LogP) is 2.31. The lowest BCUT2D eigenvalue weighted by molar-refractivity contribution is -0.145. The monoisotopic (exact) mass is 331 g/mol. The van der Waals surface area contributed by atoms with Crippen molar-refractivity contribution in [2.24, 2.45) is 0 Å². The van der Waals surface area contributed by atoms with Crippen LogP contribution in [0.4, 0.5) is 0 Å². The summed E-state index contributed by atoms with van der Waals surface area (Å²) in [6, 6.07) is 5.86. The number of pyridine rings is 1. The molecule has 0 radical (unpaired) electrons. The Morgan fingerprint density at radius 3 is 3.00 bits per heavy atom. The van der Waals surface area contributed by atoms with E-state index in [-0.39, 0.29) is 11.4 Å². The van der Waals surface area contributed by atoms with Gasteiger partial charge >= 0.3 is 0 Å². The molecule has 23 heavy (non-hydrogen) atoms. The first kappa shape index (κ1) is 16.1. The molecule has 0 saturated carbocycles. The van der Waals surface area contributed by atoms with Gasteiger partial charge in [-0.1, -0.05) is 6.07 Å². The number of hydrogen-bond donors (Lipinski definition) is 0. The van der Waals surface area contributed by atoms with E-state index in [1.807, 2.05) is 42.3 Å². The molecule has 1 aliphatic rings. The number of aromatic nitrogens is 2. The molecule has 0 unspecified atom stereocenters. The van der Waals surface area contributed by atoms with Gasteiger partial charge < -0.3 is 9.64 Å². The summed E-state index contributed by atoms with van der Waals surface area (Å²) < 4.78 is 5.47. The van der Waals surface area contributed by atoms with Crippen molar-refractivity contribution in [2.45, 2.75) is 32.2 Å². The minimum Gasteiger partial charge on any atom is -0.377 e. The van der Waals surface area contributed by atoms with Gasteiger partial charge in [-0.15, -0.1) is 11.3 Å². The van der Waals surface area contributed by atoms with Gasteiger partial charge in [-0.05, 0) is 26.0 Å². The molecule has 0 aromatic carbocycles. The van der Waals surface area contributed by atoms with Crippen molar-refractivity contribution < 1.29 is 9.53 Å². The lowest BCUT2D eigenvalue weighted by Crippen LogP contribution is -2.55. The molecule has 1 fully saturated rings. The van der Waals surface area contributed by atoms with Crippen molar-refractivity contribution in [1.82, 2.24) is 14.9 Å². The highest BCUT2D eigenvalue weighted by Gasteiger charge is 2.34. The Morgan fingerprint density at radius 1 is 1.39 bits per heavy atom. The largest absolute Gasteiger partial charge is 0.377 e. The number of carbonyl (C=O) groups excluding carboxylic acids is 1. The molecule has 1 amide bonds. The number of morpholine rings is 1. The standard InChI is InChI=1S/C17H21N3O2S/c1-17(2)12-22-8-7-20(17)16(21)10-14-11-23-15(19-14)9-13-5-3-4-6-18-13/h3-6,11H,7-10,12H2,1-2H3. The van der Waals surface area contributed by atoms with Gasteiger partial charge in [0, 0.05) is 30.2 Å². The first-order valence-corrected chi connectivity index (χ1v) is 8.64. The van der Waals surface area contributed by atoms with Crippen LogP contribution in [-0.2, 0) is 22.4 Å². The molecule has 2 aromatic rings. The Morgan fingerprint density at radius 2 is 2.26 bits per heavy atom. The Kier molecular flexibility index (Phi) is 4.73. The summed E-state index contributed by atoms with van der Waals surface area (Å²) in [6.45, 7) is 5.92. The third kappa shape index (κ3) is 3.95. The smallest absolute Gasteiger partial charge is 0.229 e. The molecule has 0 aliphatic carbocycles. The van der Waals surface area contributed by atoms with Crippen LogP contribution in [-0.4, -0.2) is 46.1 Å². The zero-order chi connectivity index (χ0) is 16.3. The van der Waals surface area contributed by atoms with Crippen LogP contribution in [0.5, 0.6) is 0 Å². The van der Waals surface area contributed by atoms with E-state index in [1.54, 1.807) is 17.5 Å². The fourth-order valence-corrected chi connectivity index (χ4v) is 3.55. The second-order valence-corrected chi connectivity index (χ2v) is 7.26. The highest BCUT2D eigenvalue weighted by atomic mass is 32.1.